The number of carbonyl (C=O) groups excluding carboxylic acids is 1. The summed E-state index contributed by atoms with van der Waals surface area (Å²) in [6.45, 7) is 5.78. The van der Waals surface area contributed by atoms with E-state index in [0.29, 0.717) is 12.0 Å². The van der Waals surface area contributed by atoms with Gasteiger partial charge in [-0.3, -0.25) is 9.59 Å². The number of carbonyl (C=O) groups is 2. The minimum atomic E-state index is -1.13. The van der Waals surface area contributed by atoms with Crippen LogP contribution in [0.2, 0.25) is 0 Å². The van der Waals surface area contributed by atoms with Crippen molar-refractivity contribution in [3.63, 3.8) is 0 Å². The number of aliphatic hydroxyl groups is 3. The van der Waals surface area contributed by atoms with Crippen molar-refractivity contribution in [2.75, 3.05) is 0 Å². The van der Waals surface area contributed by atoms with Crippen molar-refractivity contribution >= 4 is 11.9 Å². The van der Waals surface area contributed by atoms with Crippen LogP contribution in [-0.4, -0.2) is 44.6 Å². The number of unbranched alkanes of at least 4 members (excludes halogenated alkanes) is 3. The number of hydrogen-bond acceptors (Lipinski definition) is 6. The molecule has 2 aliphatic rings. The smallest absolute Gasteiger partial charge is 0.308 e. The fourth-order valence-electron chi connectivity index (χ4n) is 4.92. The highest BCUT2D eigenvalue weighted by Crippen LogP contribution is 2.47. The molecule has 0 aromatic carbocycles. The number of esters is 1. The van der Waals surface area contributed by atoms with Gasteiger partial charge in [0.25, 0.3) is 0 Å². The lowest BCUT2D eigenvalue weighted by atomic mass is 9.65. The quantitative estimate of drug-likeness (QED) is 0.273. The molecular weight excluding hydrogens is 400 g/mol. The number of allylic oxidation sites excluding steroid dienone is 2. The molecule has 2 rings (SSSR count). The van der Waals surface area contributed by atoms with Gasteiger partial charge in [0.2, 0.25) is 0 Å². The lowest BCUT2D eigenvalue weighted by Crippen LogP contribution is -2.45. The first-order chi connectivity index (χ1) is 14.7. The van der Waals surface area contributed by atoms with E-state index >= 15 is 0 Å². The molecule has 0 amide bonds. The molecule has 0 spiro atoms. The summed E-state index contributed by atoms with van der Waals surface area (Å²) in [5.74, 6) is -1.80. The van der Waals surface area contributed by atoms with Crippen molar-refractivity contribution in [2.24, 2.45) is 23.7 Å². The molecule has 7 nitrogen and oxygen atoms in total. The molecule has 0 fully saturated rings. The van der Waals surface area contributed by atoms with E-state index < -0.39 is 18.2 Å². The highest BCUT2D eigenvalue weighted by atomic mass is 16.5. The number of ether oxygens (including phenoxy) is 1. The van der Waals surface area contributed by atoms with E-state index in [1.165, 1.54) is 6.08 Å². The normalized spacial score (nSPS) is 29.2. The fourth-order valence-corrected chi connectivity index (χ4v) is 4.92. The molecule has 31 heavy (non-hydrogen) atoms. The summed E-state index contributed by atoms with van der Waals surface area (Å²) >= 11 is 0. The Morgan fingerprint density at radius 3 is 2.52 bits per heavy atom. The van der Waals surface area contributed by atoms with Crippen molar-refractivity contribution in [1.82, 2.24) is 0 Å². The summed E-state index contributed by atoms with van der Waals surface area (Å²) in [4.78, 5) is 23.3. The summed E-state index contributed by atoms with van der Waals surface area (Å²) in [6, 6.07) is 0. The Hall–Kier alpha value is -2.02. The average Bonchev–Trinajstić information content (AvgIpc) is 2.71. The third-order valence-electron chi connectivity index (χ3n) is 6.77. The van der Waals surface area contributed by atoms with Crippen LogP contribution in [0.4, 0.5) is 0 Å². The molecule has 0 aromatic rings. The molecule has 0 aromatic heterocycles. The minimum Gasteiger partial charge on any atom is -0.512 e. The van der Waals surface area contributed by atoms with Gasteiger partial charge in [-0.15, -0.1) is 0 Å². The van der Waals surface area contributed by atoms with Crippen molar-refractivity contribution in [3.05, 3.63) is 23.2 Å². The number of rotatable bonds is 11. The van der Waals surface area contributed by atoms with Gasteiger partial charge >= 0.3 is 11.9 Å². The fraction of sp³-hybridized carbons (Fsp3) is 0.750. The largest absolute Gasteiger partial charge is 0.512 e. The number of hydrogen-bond donors (Lipinski definition) is 4. The Morgan fingerprint density at radius 2 is 1.87 bits per heavy atom. The first-order valence-corrected chi connectivity index (χ1v) is 11.6. The van der Waals surface area contributed by atoms with Crippen LogP contribution in [-0.2, 0) is 14.3 Å². The third kappa shape index (κ3) is 6.48. The molecule has 0 aliphatic heterocycles. The molecule has 0 bridgehead atoms. The molecule has 0 heterocycles. The predicted octanol–water partition coefficient (Wildman–Crippen LogP) is 4.66. The Morgan fingerprint density at radius 1 is 1.19 bits per heavy atom. The first-order valence-electron chi connectivity index (χ1n) is 11.6. The molecule has 4 N–H and O–H groups in total. The van der Waals surface area contributed by atoms with E-state index in [4.69, 9.17) is 9.84 Å². The predicted molar refractivity (Wildman–Crippen MR) is 116 cm³/mol. The van der Waals surface area contributed by atoms with Gasteiger partial charge in [0.1, 0.15) is 18.0 Å². The molecule has 176 valence electrons. The van der Waals surface area contributed by atoms with E-state index in [-0.39, 0.29) is 54.0 Å². The molecule has 0 saturated carbocycles. The van der Waals surface area contributed by atoms with Gasteiger partial charge in [-0.05, 0) is 31.3 Å². The number of fused-ring (bicyclic) bond motifs is 1. The SMILES string of the molecule is CCC[C@H](C)C(=O)O[C@H]1C[C@H](O)C(O)=C2C=C(O)[C@@H](C)[C@@H](CCCCCCC(=O)O)[C@H]21. The lowest BCUT2D eigenvalue weighted by Gasteiger charge is -2.44. The molecule has 0 saturated heterocycles. The van der Waals surface area contributed by atoms with E-state index in [2.05, 4.69) is 0 Å². The van der Waals surface area contributed by atoms with Crippen molar-refractivity contribution in [1.29, 1.82) is 0 Å². The van der Waals surface area contributed by atoms with Gasteiger partial charge < -0.3 is 25.2 Å². The molecule has 0 radical (unpaired) electrons. The van der Waals surface area contributed by atoms with Crippen LogP contribution in [0.15, 0.2) is 23.2 Å². The highest BCUT2D eigenvalue weighted by molar-refractivity contribution is 5.72. The van der Waals surface area contributed by atoms with Gasteiger partial charge in [-0.2, -0.15) is 0 Å². The van der Waals surface area contributed by atoms with Crippen LogP contribution in [0.3, 0.4) is 0 Å². The zero-order valence-electron chi connectivity index (χ0n) is 18.9. The number of carboxylic acid groups (broad SMARTS) is 1. The summed E-state index contributed by atoms with van der Waals surface area (Å²) in [5.41, 5.74) is 0.464. The maximum atomic E-state index is 12.6. The van der Waals surface area contributed by atoms with E-state index in [1.54, 1.807) is 0 Å². The minimum absolute atomic E-state index is 0.0478. The molecule has 0 unspecified atom stereocenters. The number of carboxylic acids is 1. The van der Waals surface area contributed by atoms with Gasteiger partial charge in [0, 0.05) is 30.3 Å². The summed E-state index contributed by atoms with van der Waals surface area (Å²) in [7, 11) is 0. The zero-order valence-corrected chi connectivity index (χ0v) is 18.9. The van der Waals surface area contributed by atoms with Crippen LogP contribution >= 0.6 is 0 Å². The first kappa shape index (κ1) is 25.2. The zero-order chi connectivity index (χ0) is 23.1. The van der Waals surface area contributed by atoms with Gasteiger partial charge in [-0.1, -0.05) is 46.5 Å². The summed E-state index contributed by atoms with van der Waals surface area (Å²) < 4.78 is 5.86. The van der Waals surface area contributed by atoms with Crippen LogP contribution < -0.4 is 0 Å². The third-order valence-corrected chi connectivity index (χ3v) is 6.77. The van der Waals surface area contributed by atoms with Crippen LogP contribution in [0.25, 0.3) is 0 Å². The molecule has 2 aliphatic carbocycles. The summed E-state index contributed by atoms with van der Waals surface area (Å²) in [5, 5.41) is 40.1. The van der Waals surface area contributed by atoms with Gasteiger partial charge in [0.05, 0.1) is 11.7 Å². The van der Waals surface area contributed by atoms with Crippen LogP contribution in [0.1, 0.15) is 78.6 Å². The maximum absolute atomic E-state index is 12.6. The van der Waals surface area contributed by atoms with Crippen molar-refractivity contribution in [2.45, 2.75) is 90.8 Å². The second-order valence-electron chi connectivity index (χ2n) is 9.15. The van der Waals surface area contributed by atoms with E-state index in [0.717, 1.165) is 38.5 Å². The number of aliphatic hydroxyl groups excluding tert-OH is 3. The standard InChI is InChI=1S/C24H38O7/c1-4-9-14(2)24(30)31-20-13-19(26)23(29)17-12-18(25)15(3)16(22(17)20)10-7-5-6-8-11-21(27)28/h12,14-16,19-20,22,25-26,29H,4-11,13H2,1-3H3,(H,27,28)/t14-,15-,16+,19-,20-,22+/m0/s1. The Kier molecular flexibility index (Phi) is 9.41. The number of aliphatic carboxylic acids is 1. The van der Waals surface area contributed by atoms with Gasteiger partial charge in [-0.25, -0.2) is 0 Å². The lowest BCUT2D eigenvalue weighted by molar-refractivity contribution is -0.160. The van der Waals surface area contributed by atoms with Crippen molar-refractivity contribution < 1.29 is 34.8 Å². The highest BCUT2D eigenvalue weighted by Gasteiger charge is 2.46. The molecule has 6 atom stereocenters. The topological polar surface area (TPSA) is 124 Å². The Bertz CT molecular complexity index is 696. The molecule has 7 heteroatoms. The molecular formula is C24H38O7. The van der Waals surface area contributed by atoms with Crippen LogP contribution in [0, 0.1) is 23.7 Å². The second kappa shape index (κ2) is 11.6. The monoisotopic (exact) mass is 438 g/mol. The Balaban J connectivity index is 2.16. The summed E-state index contributed by atoms with van der Waals surface area (Å²) in [6.07, 6.45) is 5.67. The van der Waals surface area contributed by atoms with Crippen molar-refractivity contribution in [3.8, 4) is 0 Å². The Labute approximate surface area is 184 Å². The van der Waals surface area contributed by atoms with Gasteiger partial charge in [0.15, 0.2) is 0 Å². The second-order valence-corrected chi connectivity index (χ2v) is 9.15. The van der Waals surface area contributed by atoms with E-state index in [1.807, 2.05) is 20.8 Å². The van der Waals surface area contributed by atoms with E-state index in [9.17, 15) is 24.9 Å². The van der Waals surface area contributed by atoms with Crippen LogP contribution in [0.5, 0.6) is 0 Å². The average molecular weight is 439 g/mol. The maximum Gasteiger partial charge on any atom is 0.308 e.